The molecule has 9 heteroatoms. The minimum Gasteiger partial charge on any atom is -0.481 e. The number of rotatable bonds is 3. The number of piperidine rings is 1. The van der Waals surface area contributed by atoms with E-state index in [4.69, 9.17) is 5.11 Å². The maximum atomic E-state index is 12.4. The number of aliphatic carboxylic acids is 1. The molecule has 1 saturated heterocycles. The van der Waals surface area contributed by atoms with E-state index in [1.165, 1.54) is 4.90 Å². The molecule has 1 aliphatic heterocycles. The average Bonchev–Trinajstić information content (AvgIpc) is 2.87. The first-order valence-electron chi connectivity index (χ1n) is 6.38. The molecular formula is C12H14F3N3O3. The van der Waals surface area contributed by atoms with Crippen LogP contribution < -0.4 is 0 Å². The normalized spacial score (nSPS) is 19.6. The smallest absolute Gasteiger partial charge is 0.435 e. The van der Waals surface area contributed by atoms with Crippen molar-refractivity contribution >= 4 is 11.9 Å². The standard InChI is InChI=1S/C12H14F3N3O3/c13-12(14,15)9-3-5-18(16-9)7-10(19)17-4-1-2-8(6-17)11(20)21/h3,5,8H,1-2,4,6-7H2,(H,20,21)/t8-/m0/s1. The predicted octanol–water partition coefficient (Wildman–Crippen LogP) is 1.23. The monoisotopic (exact) mass is 305 g/mol. The molecule has 2 heterocycles. The third-order valence-corrected chi connectivity index (χ3v) is 3.35. The Hall–Kier alpha value is -2.06. The first-order valence-corrected chi connectivity index (χ1v) is 6.38. The van der Waals surface area contributed by atoms with Crippen molar-refractivity contribution in [2.45, 2.75) is 25.6 Å². The van der Waals surface area contributed by atoms with E-state index in [1.54, 1.807) is 0 Å². The number of carboxylic acid groups (broad SMARTS) is 1. The summed E-state index contributed by atoms with van der Waals surface area (Å²) in [4.78, 5) is 24.3. The van der Waals surface area contributed by atoms with Gasteiger partial charge in [-0.2, -0.15) is 18.3 Å². The van der Waals surface area contributed by atoms with E-state index in [-0.39, 0.29) is 13.1 Å². The molecule has 0 bridgehead atoms. The van der Waals surface area contributed by atoms with Gasteiger partial charge in [-0.3, -0.25) is 14.3 Å². The zero-order valence-corrected chi connectivity index (χ0v) is 11.0. The second-order valence-corrected chi connectivity index (χ2v) is 4.91. The lowest BCUT2D eigenvalue weighted by molar-refractivity contribution is -0.146. The Morgan fingerprint density at radius 1 is 1.43 bits per heavy atom. The number of carboxylic acids is 1. The van der Waals surface area contributed by atoms with Crippen LogP contribution in [-0.4, -0.2) is 44.8 Å². The highest BCUT2D eigenvalue weighted by Crippen LogP contribution is 2.27. The Kier molecular flexibility index (Phi) is 4.19. The van der Waals surface area contributed by atoms with Gasteiger partial charge < -0.3 is 10.0 Å². The Labute approximate surface area is 118 Å². The van der Waals surface area contributed by atoms with Crippen LogP contribution in [0, 0.1) is 5.92 Å². The minimum absolute atomic E-state index is 0.0849. The second-order valence-electron chi connectivity index (χ2n) is 4.91. The van der Waals surface area contributed by atoms with Gasteiger partial charge in [0.05, 0.1) is 5.92 Å². The number of halogens is 3. The van der Waals surface area contributed by atoms with Crippen molar-refractivity contribution in [3.8, 4) is 0 Å². The average molecular weight is 305 g/mol. The number of carbonyl (C=O) groups excluding carboxylic acids is 1. The maximum Gasteiger partial charge on any atom is 0.435 e. The number of hydrogen-bond acceptors (Lipinski definition) is 3. The van der Waals surface area contributed by atoms with Gasteiger partial charge in [0.2, 0.25) is 5.91 Å². The number of alkyl halides is 3. The van der Waals surface area contributed by atoms with E-state index in [9.17, 15) is 22.8 Å². The summed E-state index contributed by atoms with van der Waals surface area (Å²) in [6, 6.07) is 0.795. The zero-order valence-electron chi connectivity index (χ0n) is 11.0. The fourth-order valence-electron chi connectivity index (χ4n) is 2.24. The summed E-state index contributed by atoms with van der Waals surface area (Å²) in [5.74, 6) is -2.02. The highest BCUT2D eigenvalue weighted by atomic mass is 19.4. The molecule has 116 valence electrons. The molecular weight excluding hydrogens is 291 g/mol. The van der Waals surface area contributed by atoms with Crippen LogP contribution in [0.4, 0.5) is 13.2 Å². The molecule has 0 aromatic carbocycles. The van der Waals surface area contributed by atoms with Crippen LogP contribution in [0.1, 0.15) is 18.5 Å². The molecule has 1 fully saturated rings. The van der Waals surface area contributed by atoms with E-state index in [2.05, 4.69) is 5.10 Å². The van der Waals surface area contributed by atoms with Gasteiger partial charge in [-0.25, -0.2) is 0 Å². The van der Waals surface area contributed by atoms with Crippen LogP contribution in [0.15, 0.2) is 12.3 Å². The van der Waals surface area contributed by atoms with Crippen molar-refractivity contribution in [2.75, 3.05) is 13.1 Å². The van der Waals surface area contributed by atoms with Crippen LogP contribution in [-0.2, 0) is 22.3 Å². The summed E-state index contributed by atoms with van der Waals surface area (Å²) < 4.78 is 38.1. The molecule has 1 aromatic rings. The maximum absolute atomic E-state index is 12.4. The van der Waals surface area contributed by atoms with Crippen molar-refractivity contribution in [2.24, 2.45) is 5.92 Å². The first-order chi connectivity index (χ1) is 9.77. The number of amides is 1. The third kappa shape index (κ3) is 3.73. The van der Waals surface area contributed by atoms with Crippen molar-refractivity contribution < 1.29 is 27.9 Å². The topological polar surface area (TPSA) is 75.4 Å². The van der Waals surface area contributed by atoms with Crippen LogP contribution >= 0.6 is 0 Å². The Morgan fingerprint density at radius 3 is 2.71 bits per heavy atom. The molecule has 0 saturated carbocycles. The van der Waals surface area contributed by atoms with Crippen molar-refractivity contribution in [3.05, 3.63) is 18.0 Å². The van der Waals surface area contributed by atoms with Gasteiger partial charge >= 0.3 is 12.1 Å². The van der Waals surface area contributed by atoms with Gasteiger partial charge in [0, 0.05) is 19.3 Å². The van der Waals surface area contributed by atoms with Crippen LogP contribution in [0.3, 0.4) is 0 Å². The lowest BCUT2D eigenvalue weighted by atomic mass is 9.98. The molecule has 0 unspecified atom stereocenters. The molecule has 1 N–H and O–H groups in total. The Bertz CT molecular complexity index is 541. The molecule has 6 nitrogen and oxygen atoms in total. The molecule has 0 radical (unpaired) electrons. The molecule has 21 heavy (non-hydrogen) atoms. The Morgan fingerprint density at radius 2 is 2.14 bits per heavy atom. The van der Waals surface area contributed by atoms with Gasteiger partial charge in [-0.05, 0) is 18.9 Å². The molecule has 1 amide bonds. The number of carbonyl (C=O) groups is 2. The molecule has 0 aliphatic carbocycles. The minimum atomic E-state index is -4.55. The van der Waals surface area contributed by atoms with Crippen molar-refractivity contribution in [1.82, 2.24) is 14.7 Å². The van der Waals surface area contributed by atoms with Crippen molar-refractivity contribution in [3.63, 3.8) is 0 Å². The molecule has 2 rings (SSSR count). The fraction of sp³-hybridized carbons (Fsp3) is 0.583. The predicted molar refractivity (Wildman–Crippen MR) is 64.2 cm³/mol. The van der Waals surface area contributed by atoms with Crippen LogP contribution in [0.2, 0.25) is 0 Å². The summed E-state index contributed by atoms with van der Waals surface area (Å²) in [5, 5.41) is 12.2. The summed E-state index contributed by atoms with van der Waals surface area (Å²) in [6.45, 7) is 0.167. The quantitative estimate of drug-likeness (QED) is 0.911. The van der Waals surface area contributed by atoms with E-state index in [0.29, 0.717) is 19.4 Å². The first kappa shape index (κ1) is 15.3. The number of likely N-dealkylation sites (tertiary alicyclic amines) is 1. The highest BCUT2D eigenvalue weighted by Gasteiger charge is 2.34. The Balaban J connectivity index is 1.98. The summed E-state index contributed by atoms with van der Waals surface area (Å²) in [7, 11) is 0. The van der Waals surface area contributed by atoms with Crippen LogP contribution in [0.25, 0.3) is 0 Å². The summed E-state index contributed by atoms with van der Waals surface area (Å²) >= 11 is 0. The largest absolute Gasteiger partial charge is 0.481 e. The second kappa shape index (κ2) is 5.74. The van der Waals surface area contributed by atoms with Crippen molar-refractivity contribution in [1.29, 1.82) is 0 Å². The number of nitrogens with zero attached hydrogens (tertiary/aromatic N) is 3. The number of aromatic nitrogens is 2. The lowest BCUT2D eigenvalue weighted by Crippen LogP contribution is -2.43. The van der Waals surface area contributed by atoms with Gasteiger partial charge in [0.25, 0.3) is 0 Å². The van der Waals surface area contributed by atoms with E-state index in [0.717, 1.165) is 16.9 Å². The van der Waals surface area contributed by atoms with Gasteiger partial charge in [-0.1, -0.05) is 0 Å². The van der Waals surface area contributed by atoms with E-state index in [1.807, 2.05) is 0 Å². The lowest BCUT2D eigenvalue weighted by Gasteiger charge is -2.30. The van der Waals surface area contributed by atoms with E-state index >= 15 is 0 Å². The summed E-state index contributed by atoms with van der Waals surface area (Å²) in [5.41, 5.74) is -1.06. The SMILES string of the molecule is O=C(O)[C@H]1CCCN(C(=O)Cn2ccc(C(F)(F)F)n2)C1. The number of hydrogen-bond donors (Lipinski definition) is 1. The molecule has 1 aromatic heterocycles. The zero-order chi connectivity index (χ0) is 15.6. The molecule has 1 aliphatic rings. The summed E-state index contributed by atoms with van der Waals surface area (Å²) in [6.07, 6.45) is -2.40. The van der Waals surface area contributed by atoms with Gasteiger partial charge in [-0.15, -0.1) is 0 Å². The van der Waals surface area contributed by atoms with Gasteiger partial charge in [0.15, 0.2) is 5.69 Å². The molecule has 0 spiro atoms. The fourth-order valence-corrected chi connectivity index (χ4v) is 2.24. The van der Waals surface area contributed by atoms with Gasteiger partial charge in [0.1, 0.15) is 6.54 Å². The van der Waals surface area contributed by atoms with E-state index < -0.39 is 29.7 Å². The highest BCUT2D eigenvalue weighted by molar-refractivity contribution is 5.77. The molecule has 1 atom stereocenters. The third-order valence-electron chi connectivity index (χ3n) is 3.35. The van der Waals surface area contributed by atoms with Crippen LogP contribution in [0.5, 0.6) is 0 Å².